The molecule has 0 aliphatic heterocycles. The summed E-state index contributed by atoms with van der Waals surface area (Å²) >= 11 is 6.69. The van der Waals surface area contributed by atoms with Crippen molar-refractivity contribution in [1.29, 1.82) is 0 Å². The van der Waals surface area contributed by atoms with Gasteiger partial charge in [-0.2, -0.15) is 0 Å². The van der Waals surface area contributed by atoms with Crippen LogP contribution < -0.4 is 0 Å². The van der Waals surface area contributed by atoms with Crippen LogP contribution in [0.25, 0.3) is 0 Å². The average Bonchev–Trinajstić information content (AvgIpc) is 3.21. The Bertz CT molecular complexity index is 914. The van der Waals surface area contributed by atoms with Crippen molar-refractivity contribution in [3.05, 3.63) is 125 Å². The van der Waals surface area contributed by atoms with Crippen LogP contribution in [0.3, 0.4) is 0 Å². The number of aromatic nitrogens is 2. The fourth-order valence-electron chi connectivity index (χ4n) is 3.49. The number of nitrogens with zero attached hydrogens (tertiary/aromatic N) is 2. The zero-order valence-electron chi connectivity index (χ0n) is 13.9. The zero-order valence-corrected chi connectivity index (χ0v) is 16.8. The largest absolute Gasteiger partial charge is 0.319 e. The van der Waals surface area contributed by atoms with E-state index in [9.17, 15) is 0 Å². The normalized spacial score (nSPS) is 11.0. The van der Waals surface area contributed by atoms with Crippen LogP contribution >= 0.6 is 11.6 Å². The number of hydrogen-bond acceptors (Lipinski definition) is 1. The van der Waals surface area contributed by atoms with Gasteiger partial charge in [0.05, 0.1) is 6.33 Å². The van der Waals surface area contributed by atoms with E-state index in [4.69, 9.17) is 11.6 Å². The molecule has 0 bridgehead atoms. The summed E-state index contributed by atoms with van der Waals surface area (Å²) in [5, 5.41) is 0.726. The Morgan fingerprint density at radius 3 is 1.77 bits per heavy atom. The molecule has 0 N–H and O–H groups in total. The van der Waals surface area contributed by atoms with E-state index in [2.05, 4.69) is 64.1 Å². The predicted molar refractivity (Wildman–Crippen MR) is 102 cm³/mol. The van der Waals surface area contributed by atoms with Crippen LogP contribution in [0.2, 0.25) is 5.02 Å². The molecule has 2 nitrogen and oxygen atoms in total. The molecule has 133 valence electrons. The van der Waals surface area contributed by atoms with Crippen LogP contribution in [0.5, 0.6) is 0 Å². The second-order valence-electron chi connectivity index (χ2n) is 5.89. The first-order valence-electron chi connectivity index (χ1n) is 8.18. The maximum atomic E-state index is 6.69. The Morgan fingerprint density at radius 2 is 1.27 bits per heavy atom. The first kappa shape index (κ1) is 18.7. The van der Waals surface area contributed by atoms with E-state index in [-0.39, 0.29) is 22.4 Å². The monoisotopic (exact) mass is 541 g/mol. The molecule has 0 aliphatic carbocycles. The molecule has 3 aromatic carbocycles. The van der Waals surface area contributed by atoms with E-state index < -0.39 is 5.54 Å². The predicted octanol–water partition coefficient (Wildman–Crippen LogP) is 5.37. The summed E-state index contributed by atoms with van der Waals surface area (Å²) in [4.78, 5) is 4.31. The Morgan fingerprint density at radius 1 is 0.731 bits per heavy atom. The molecule has 1 radical (unpaired) electrons. The Kier molecular flexibility index (Phi) is 5.80. The molecule has 1 aromatic heterocycles. The van der Waals surface area contributed by atoms with Crippen LogP contribution in [0, 0.1) is 0 Å². The van der Waals surface area contributed by atoms with Crippen molar-refractivity contribution < 1.29 is 22.4 Å². The van der Waals surface area contributed by atoms with Gasteiger partial charge >= 0.3 is 0 Å². The first-order valence-corrected chi connectivity index (χ1v) is 8.56. The van der Waals surface area contributed by atoms with Gasteiger partial charge in [-0.3, -0.25) is 0 Å². The molecule has 0 spiro atoms. The molecule has 0 unspecified atom stereocenters. The Labute approximate surface area is 174 Å². The second kappa shape index (κ2) is 8.07. The van der Waals surface area contributed by atoms with Gasteiger partial charge in [0.2, 0.25) is 0 Å². The van der Waals surface area contributed by atoms with Crippen molar-refractivity contribution in [2.75, 3.05) is 0 Å². The Balaban J connectivity index is 0.00000196. The summed E-state index contributed by atoms with van der Waals surface area (Å²) in [5.74, 6) is 0. The van der Waals surface area contributed by atoms with Gasteiger partial charge in [-0.25, -0.2) is 4.98 Å². The smallest absolute Gasteiger partial charge is 0.123 e. The first-order chi connectivity index (χ1) is 12.3. The third-order valence-electron chi connectivity index (χ3n) is 4.54. The molecule has 4 aromatic rings. The minimum absolute atomic E-state index is 0. The van der Waals surface area contributed by atoms with E-state index >= 15 is 0 Å². The summed E-state index contributed by atoms with van der Waals surface area (Å²) < 4.78 is 2.12. The molecule has 4 rings (SSSR count). The maximum absolute atomic E-state index is 6.69. The molecular formula is C22H17AuClN2. The third kappa shape index (κ3) is 3.06. The topological polar surface area (TPSA) is 17.8 Å². The van der Waals surface area contributed by atoms with E-state index in [1.54, 1.807) is 6.20 Å². The number of benzene rings is 3. The standard InChI is InChI=1S/C22H17ClN2.Au/c23-21-14-8-7-13-20(21)22(25-16-15-24-17-25,18-9-3-1-4-10-18)19-11-5-2-6-12-19;/h1-17H;. The van der Waals surface area contributed by atoms with Gasteiger partial charge in [0, 0.05) is 45.4 Å². The molecule has 0 amide bonds. The molecule has 4 heteroatoms. The number of imidazole rings is 1. The molecular weight excluding hydrogens is 525 g/mol. The van der Waals surface area contributed by atoms with Gasteiger partial charge in [0.25, 0.3) is 0 Å². The van der Waals surface area contributed by atoms with Gasteiger partial charge in [-0.05, 0) is 17.2 Å². The zero-order chi connectivity index (χ0) is 17.1. The average molecular weight is 542 g/mol. The minimum Gasteiger partial charge on any atom is -0.319 e. The van der Waals surface area contributed by atoms with Crippen molar-refractivity contribution in [2.45, 2.75) is 5.54 Å². The molecule has 0 saturated heterocycles. The molecule has 26 heavy (non-hydrogen) atoms. The van der Waals surface area contributed by atoms with Gasteiger partial charge in [-0.1, -0.05) is 90.5 Å². The quantitative estimate of drug-likeness (QED) is 0.251. The number of rotatable bonds is 4. The summed E-state index contributed by atoms with van der Waals surface area (Å²) in [6.45, 7) is 0. The van der Waals surface area contributed by atoms with Crippen LogP contribution in [-0.2, 0) is 27.9 Å². The maximum Gasteiger partial charge on any atom is 0.123 e. The van der Waals surface area contributed by atoms with Crippen LogP contribution in [0.4, 0.5) is 0 Å². The van der Waals surface area contributed by atoms with Gasteiger partial charge in [0.1, 0.15) is 5.54 Å². The van der Waals surface area contributed by atoms with E-state index in [1.165, 1.54) is 0 Å². The van der Waals surface area contributed by atoms with Crippen molar-refractivity contribution in [3.8, 4) is 0 Å². The fourth-order valence-corrected chi connectivity index (χ4v) is 3.76. The van der Waals surface area contributed by atoms with Crippen LogP contribution in [0.15, 0.2) is 104 Å². The molecule has 1 heterocycles. The summed E-state index contributed by atoms with van der Waals surface area (Å²) in [6.07, 6.45) is 5.64. The number of hydrogen-bond donors (Lipinski definition) is 0. The van der Waals surface area contributed by atoms with Crippen molar-refractivity contribution in [2.24, 2.45) is 0 Å². The van der Waals surface area contributed by atoms with Crippen molar-refractivity contribution in [3.63, 3.8) is 0 Å². The van der Waals surface area contributed by atoms with E-state index in [0.29, 0.717) is 0 Å². The summed E-state index contributed by atoms with van der Waals surface area (Å²) in [5.41, 5.74) is 2.70. The van der Waals surface area contributed by atoms with Gasteiger partial charge in [-0.15, -0.1) is 0 Å². The van der Waals surface area contributed by atoms with Crippen molar-refractivity contribution in [1.82, 2.24) is 9.55 Å². The van der Waals surface area contributed by atoms with Crippen LogP contribution in [-0.4, -0.2) is 9.55 Å². The summed E-state index contributed by atoms with van der Waals surface area (Å²) in [6, 6.07) is 28.8. The molecule has 0 saturated carbocycles. The molecule has 0 atom stereocenters. The fraction of sp³-hybridized carbons (Fsp3) is 0.0455. The Hall–Kier alpha value is -2.10. The van der Waals surface area contributed by atoms with Crippen LogP contribution in [0.1, 0.15) is 16.7 Å². The SMILES string of the molecule is Clc1ccccc1C(c1ccccc1)(c1ccccc1)n1ccnc1.[Au]. The van der Waals surface area contributed by atoms with E-state index in [0.717, 1.165) is 21.7 Å². The third-order valence-corrected chi connectivity index (χ3v) is 4.87. The van der Waals surface area contributed by atoms with Crippen molar-refractivity contribution >= 4 is 11.6 Å². The molecule has 0 fully saturated rings. The number of halogens is 1. The summed E-state index contributed by atoms with van der Waals surface area (Å²) in [7, 11) is 0. The molecule has 0 aliphatic rings. The van der Waals surface area contributed by atoms with Gasteiger partial charge < -0.3 is 4.57 Å². The second-order valence-corrected chi connectivity index (χ2v) is 6.30. The van der Waals surface area contributed by atoms with E-state index in [1.807, 2.05) is 42.9 Å². The minimum atomic E-state index is -0.586. The van der Waals surface area contributed by atoms with Gasteiger partial charge in [0.15, 0.2) is 0 Å².